The van der Waals surface area contributed by atoms with Gasteiger partial charge in [0.15, 0.2) is 0 Å². The Morgan fingerprint density at radius 2 is 2.44 bits per heavy atom. The molecular formula is C5H7NO3. The highest BCUT2D eigenvalue weighted by Crippen LogP contribution is 1.89. The van der Waals surface area contributed by atoms with Crippen molar-refractivity contribution in [2.24, 2.45) is 5.16 Å². The van der Waals surface area contributed by atoms with Gasteiger partial charge in [-0.2, -0.15) is 0 Å². The lowest BCUT2D eigenvalue weighted by Gasteiger charge is -1.88. The summed E-state index contributed by atoms with van der Waals surface area (Å²) in [5.74, 6) is -0.499. The zero-order chi connectivity index (χ0) is 7.11. The molecule has 0 rings (SSSR count). The van der Waals surface area contributed by atoms with Crippen molar-refractivity contribution in [3.8, 4) is 0 Å². The zero-order valence-corrected chi connectivity index (χ0v) is 5.09. The van der Waals surface area contributed by atoms with Crippen LogP contribution in [0.4, 0.5) is 0 Å². The average Bonchev–Trinajstić information content (AvgIpc) is 1.85. The fourth-order valence-corrected chi connectivity index (χ4v) is 0.319. The number of isocyanates is 1. The molecule has 4 nitrogen and oxygen atoms in total. The van der Waals surface area contributed by atoms with E-state index < -0.39 is 5.97 Å². The second kappa shape index (κ2) is 5.00. The summed E-state index contributed by atoms with van der Waals surface area (Å²) in [6.45, 7) is 1.83. The van der Waals surface area contributed by atoms with Crippen molar-refractivity contribution in [1.29, 1.82) is 0 Å². The molecule has 9 heavy (non-hydrogen) atoms. The van der Waals surface area contributed by atoms with Gasteiger partial charge in [0.25, 0.3) is 6.08 Å². The molecule has 4 heteroatoms. The van der Waals surface area contributed by atoms with E-state index >= 15 is 0 Å². The van der Waals surface area contributed by atoms with E-state index in [9.17, 15) is 9.59 Å². The molecule has 0 aromatic carbocycles. The second-order valence-corrected chi connectivity index (χ2v) is 1.40. The molecule has 0 heterocycles. The summed E-state index contributed by atoms with van der Waals surface area (Å²) in [7, 11) is 0. The molecule has 0 saturated heterocycles. The van der Waals surface area contributed by atoms with Gasteiger partial charge < -0.3 is 4.84 Å². The number of hydrogen-bond acceptors (Lipinski definition) is 4. The van der Waals surface area contributed by atoms with Gasteiger partial charge in [-0.3, -0.25) is 0 Å². The van der Waals surface area contributed by atoms with E-state index in [-0.39, 0.29) is 6.42 Å². The molecule has 0 saturated carbocycles. The van der Waals surface area contributed by atoms with E-state index in [0.29, 0.717) is 6.42 Å². The summed E-state index contributed by atoms with van der Waals surface area (Å²) in [6, 6.07) is 0. The molecular weight excluding hydrogens is 122 g/mol. The van der Waals surface area contributed by atoms with E-state index in [1.807, 2.05) is 6.92 Å². The van der Waals surface area contributed by atoms with E-state index in [1.165, 1.54) is 0 Å². The van der Waals surface area contributed by atoms with Crippen LogP contribution >= 0.6 is 0 Å². The zero-order valence-electron chi connectivity index (χ0n) is 5.09. The van der Waals surface area contributed by atoms with Gasteiger partial charge in [0.1, 0.15) is 0 Å². The van der Waals surface area contributed by atoms with Crippen LogP contribution in [-0.2, 0) is 14.4 Å². The molecule has 0 spiro atoms. The molecule has 0 unspecified atom stereocenters. The first-order valence-corrected chi connectivity index (χ1v) is 2.58. The van der Waals surface area contributed by atoms with Gasteiger partial charge in [0.05, 0.1) is 0 Å². The molecule has 0 aromatic rings. The molecule has 0 amide bonds. The lowest BCUT2D eigenvalue weighted by atomic mass is 10.3. The van der Waals surface area contributed by atoms with Crippen molar-refractivity contribution in [3.05, 3.63) is 0 Å². The standard InChI is InChI=1S/C5H7NO3/c1-2-3-5(8)9-6-4-7/h2-3H2,1H3. The third-order valence-electron chi connectivity index (χ3n) is 0.639. The summed E-state index contributed by atoms with van der Waals surface area (Å²) in [6.07, 6.45) is 2.06. The Morgan fingerprint density at radius 3 is 2.89 bits per heavy atom. The predicted molar refractivity (Wildman–Crippen MR) is 29.1 cm³/mol. The smallest absolute Gasteiger partial charge is 0.307 e. The van der Waals surface area contributed by atoms with Gasteiger partial charge in [-0.05, 0) is 6.42 Å². The lowest BCUT2D eigenvalue weighted by Crippen LogP contribution is -1.97. The van der Waals surface area contributed by atoms with E-state index in [2.05, 4.69) is 9.99 Å². The van der Waals surface area contributed by atoms with Crippen LogP contribution in [0.1, 0.15) is 19.8 Å². The van der Waals surface area contributed by atoms with Crippen molar-refractivity contribution < 1.29 is 14.4 Å². The van der Waals surface area contributed by atoms with Crippen LogP contribution in [0, 0.1) is 0 Å². The average molecular weight is 129 g/mol. The Balaban J connectivity index is 3.38. The molecule has 0 atom stereocenters. The van der Waals surface area contributed by atoms with Gasteiger partial charge in [0.2, 0.25) is 0 Å². The number of carbonyl (C=O) groups excluding carboxylic acids is 2. The molecule has 0 fully saturated rings. The number of carbonyl (C=O) groups is 1. The molecule has 0 N–H and O–H groups in total. The van der Waals surface area contributed by atoms with Crippen LogP contribution in [0.15, 0.2) is 5.16 Å². The van der Waals surface area contributed by atoms with Crippen LogP contribution in [0.2, 0.25) is 0 Å². The van der Waals surface area contributed by atoms with Gasteiger partial charge >= 0.3 is 5.97 Å². The largest absolute Gasteiger partial charge is 0.336 e. The number of rotatable bonds is 3. The maximum Gasteiger partial charge on any atom is 0.336 e. The van der Waals surface area contributed by atoms with Crippen LogP contribution in [0.3, 0.4) is 0 Å². The molecule has 0 aromatic heterocycles. The van der Waals surface area contributed by atoms with Crippen molar-refractivity contribution in [2.75, 3.05) is 0 Å². The van der Waals surface area contributed by atoms with Crippen LogP contribution in [-0.4, -0.2) is 12.0 Å². The van der Waals surface area contributed by atoms with E-state index in [1.54, 1.807) is 0 Å². The lowest BCUT2D eigenvalue weighted by molar-refractivity contribution is -0.143. The molecule has 0 bridgehead atoms. The Labute approximate surface area is 52.5 Å². The summed E-state index contributed by atoms with van der Waals surface area (Å²) in [5.41, 5.74) is 0. The minimum Gasteiger partial charge on any atom is -0.307 e. The number of nitrogens with zero attached hydrogens (tertiary/aromatic N) is 1. The Morgan fingerprint density at radius 1 is 1.78 bits per heavy atom. The molecule has 0 radical (unpaired) electrons. The monoisotopic (exact) mass is 129 g/mol. The normalized spacial score (nSPS) is 7.67. The maximum atomic E-state index is 10.3. The van der Waals surface area contributed by atoms with E-state index in [0.717, 1.165) is 6.08 Å². The number of hydrogen-bond donors (Lipinski definition) is 0. The SMILES string of the molecule is CCCC(=O)ON=C=O. The van der Waals surface area contributed by atoms with E-state index in [4.69, 9.17) is 0 Å². The molecule has 50 valence electrons. The van der Waals surface area contributed by atoms with Crippen molar-refractivity contribution in [1.82, 2.24) is 0 Å². The third kappa shape index (κ3) is 4.71. The topological polar surface area (TPSA) is 55.7 Å². The van der Waals surface area contributed by atoms with Gasteiger partial charge in [-0.15, -0.1) is 0 Å². The first-order chi connectivity index (χ1) is 4.31. The van der Waals surface area contributed by atoms with Crippen molar-refractivity contribution >= 4 is 12.0 Å². The maximum absolute atomic E-state index is 10.3. The third-order valence-corrected chi connectivity index (χ3v) is 0.639. The first kappa shape index (κ1) is 7.85. The van der Waals surface area contributed by atoms with Crippen molar-refractivity contribution in [2.45, 2.75) is 19.8 Å². The van der Waals surface area contributed by atoms with Gasteiger partial charge in [-0.25, -0.2) is 9.59 Å². The molecule has 0 aliphatic carbocycles. The fourth-order valence-electron chi connectivity index (χ4n) is 0.319. The van der Waals surface area contributed by atoms with Crippen LogP contribution in [0.5, 0.6) is 0 Å². The first-order valence-electron chi connectivity index (χ1n) is 2.58. The molecule has 0 aliphatic heterocycles. The summed E-state index contributed by atoms with van der Waals surface area (Å²) >= 11 is 0. The Bertz CT molecular complexity index is 137. The minimum absolute atomic E-state index is 0.283. The highest BCUT2D eigenvalue weighted by molar-refractivity contribution is 5.69. The summed E-state index contributed by atoms with van der Waals surface area (Å²) in [5, 5.41) is 2.64. The highest BCUT2D eigenvalue weighted by atomic mass is 16.7. The van der Waals surface area contributed by atoms with Crippen LogP contribution < -0.4 is 0 Å². The minimum atomic E-state index is -0.499. The Kier molecular flexibility index (Phi) is 4.36. The summed E-state index contributed by atoms with van der Waals surface area (Å²) in [4.78, 5) is 23.6. The molecule has 0 aliphatic rings. The highest BCUT2D eigenvalue weighted by Gasteiger charge is 1.97. The fraction of sp³-hybridized carbons (Fsp3) is 0.600. The second-order valence-electron chi connectivity index (χ2n) is 1.40. The Hall–Kier alpha value is -1.15. The summed E-state index contributed by atoms with van der Waals surface area (Å²) < 4.78 is 0. The van der Waals surface area contributed by atoms with Crippen molar-refractivity contribution in [3.63, 3.8) is 0 Å². The van der Waals surface area contributed by atoms with Gasteiger partial charge in [-0.1, -0.05) is 6.92 Å². The quantitative estimate of drug-likeness (QED) is 0.242. The van der Waals surface area contributed by atoms with Crippen LogP contribution in [0.25, 0.3) is 0 Å². The predicted octanol–water partition coefficient (Wildman–Crippen LogP) is 0.581. The van der Waals surface area contributed by atoms with Gasteiger partial charge in [0, 0.05) is 11.6 Å².